The third-order valence-corrected chi connectivity index (χ3v) is 3.73. The van der Waals surface area contributed by atoms with Gasteiger partial charge in [-0.25, -0.2) is 4.79 Å². The van der Waals surface area contributed by atoms with Crippen LogP contribution in [0, 0.1) is 6.92 Å². The molecule has 1 atom stereocenters. The average molecular weight is 365 g/mol. The van der Waals surface area contributed by atoms with E-state index in [4.69, 9.17) is 5.73 Å². The number of benzene rings is 2. The first kappa shape index (κ1) is 19.3. The molecule has 0 saturated heterocycles. The first-order valence-electron chi connectivity index (χ1n) is 7.75. The van der Waals surface area contributed by atoms with Gasteiger partial charge in [0.25, 0.3) is 0 Å². The van der Waals surface area contributed by atoms with Crippen LogP contribution in [0.25, 0.3) is 0 Å². The molecule has 0 unspecified atom stereocenters. The van der Waals surface area contributed by atoms with Crippen molar-refractivity contribution in [3.8, 4) is 0 Å². The fourth-order valence-electron chi connectivity index (χ4n) is 2.51. The Kier molecular flexibility index (Phi) is 5.86. The van der Waals surface area contributed by atoms with E-state index in [2.05, 4.69) is 10.6 Å². The highest BCUT2D eigenvalue weighted by Crippen LogP contribution is 2.33. The van der Waals surface area contributed by atoms with E-state index in [0.29, 0.717) is 5.56 Å². The highest BCUT2D eigenvalue weighted by Gasteiger charge is 2.32. The summed E-state index contributed by atoms with van der Waals surface area (Å²) in [5, 5.41) is 4.88. The Morgan fingerprint density at radius 3 is 2.35 bits per heavy atom. The van der Waals surface area contributed by atoms with Gasteiger partial charge in [0.1, 0.15) is 0 Å². The number of nitrogens with one attached hydrogen (secondary N) is 2. The fraction of sp³-hybridized carbons (Fsp3) is 0.222. The molecular weight excluding hydrogens is 347 g/mol. The zero-order valence-electron chi connectivity index (χ0n) is 13.9. The SMILES string of the molecule is Cc1ccc(NC(=O)C[C@@H](NC(N)=O)c2ccccc2)cc1C(F)(F)F. The lowest BCUT2D eigenvalue weighted by Gasteiger charge is -2.18. The van der Waals surface area contributed by atoms with Crippen molar-refractivity contribution in [2.75, 3.05) is 5.32 Å². The maximum Gasteiger partial charge on any atom is 0.416 e. The highest BCUT2D eigenvalue weighted by molar-refractivity contribution is 5.91. The number of alkyl halides is 3. The van der Waals surface area contributed by atoms with Crippen LogP contribution in [0.4, 0.5) is 23.7 Å². The molecule has 0 aliphatic carbocycles. The summed E-state index contributed by atoms with van der Waals surface area (Å²) >= 11 is 0. The number of aryl methyl sites for hydroxylation is 1. The van der Waals surface area contributed by atoms with E-state index in [1.54, 1.807) is 30.3 Å². The van der Waals surface area contributed by atoms with Crippen molar-refractivity contribution in [1.82, 2.24) is 5.32 Å². The van der Waals surface area contributed by atoms with Crippen molar-refractivity contribution in [1.29, 1.82) is 0 Å². The molecule has 3 amide bonds. The molecule has 0 aliphatic heterocycles. The van der Waals surface area contributed by atoms with E-state index in [1.807, 2.05) is 0 Å². The predicted octanol–water partition coefficient (Wildman–Crippen LogP) is 3.75. The minimum absolute atomic E-state index is 0.0267. The molecule has 2 rings (SSSR count). The lowest BCUT2D eigenvalue weighted by molar-refractivity contribution is -0.138. The molecule has 5 nitrogen and oxygen atoms in total. The second-order valence-electron chi connectivity index (χ2n) is 5.75. The fourth-order valence-corrected chi connectivity index (χ4v) is 2.51. The van der Waals surface area contributed by atoms with Gasteiger partial charge in [0.15, 0.2) is 0 Å². The van der Waals surface area contributed by atoms with Crippen molar-refractivity contribution in [2.45, 2.75) is 25.6 Å². The van der Waals surface area contributed by atoms with Crippen LogP contribution in [0.15, 0.2) is 48.5 Å². The maximum absolute atomic E-state index is 13.0. The van der Waals surface area contributed by atoms with E-state index >= 15 is 0 Å². The van der Waals surface area contributed by atoms with Crippen LogP contribution < -0.4 is 16.4 Å². The Bertz CT molecular complexity index is 792. The van der Waals surface area contributed by atoms with E-state index in [0.717, 1.165) is 6.07 Å². The number of hydrogen-bond donors (Lipinski definition) is 3. The van der Waals surface area contributed by atoms with Crippen LogP contribution in [-0.4, -0.2) is 11.9 Å². The standard InChI is InChI=1S/C18H18F3N3O2/c1-11-7-8-13(9-14(11)18(19,20)21)23-16(25)10-15(24-17(22)26)12-5-3-2-4-6-12/h2-9,15H,10H2,1H3,(H,23,25)(H3,22,24,26)/t15-/m1/s1. The number of halogens is 3. The lowest BCUT2D eigenvalue weighted by Crippen LogP contribution is -2.35. The first-order valence-corrected chi connectivity index (χ1v) is 7.75. The quantitative estimate of drug-likeness (QED) is 0.754. The zero-order valence-corrected chi connectivity index (χ0v) is 13.9. The molecule has 26 heavy (non-hydrogen) atoms. The normalized spacial score (nSPS) is 12.3. The molecule has 0 aromatic heterocycles. The Hall–Kier alpha value is -3.03. The Balaban J connectivity index is 2.14. The second kappa shape index (κ2) is 7.90. The van der Waals surface area contributed by atoms with Crippen LogP contribution in [0.3, 0.4) is 0 Å². The van der Waals surface area contributed by atoms with Crippen molar-refractivity contribution < 1.29 is 22.8 Å². The Morgan fingerprint density at radius 1 is 1.12 bits per heavy atom. The topological polar surface area (TPSA) is 84.2 Å². The summed E-state index contributed by atoms with van der Waals surface area (Å²) in [6, 6.07) is 10.7. The molecule has 0 spiro atoms. The number of nitrogens with two attached hydrogens (primary N) is 1. The molecule has 2 aromatic rings. The molecule has 4 N–H and O–H groups in total. The van der Waals surface area contributed by atoms with Gasteiger partial charge in [0, 0.05) is 5.69 Å². The molecule has 0 saturated carbocycles. The van der Waals surface area contributed by atoms with Crippen LogP contribution >= 0.6 is 0 Å². The van der Waals surface area contributed by atoms with Gasteiger partial charge in [-0.1, -0.05) is 36.4 Å². The third kappa shape index (κ3) is 5.23. The summed E-state index contributed by atoms with van der Waals surface area (Å²) in [6.45, 7) is 1.34. The molecule has 0 bridgehead atoms. The molecule has 8 heteroatoms. The van der Waals surface area contributed by atoms with Gasteiger partial charge < -0.3 is 16.4 Å². The van der Waals surface area contributed by atoms with Gasteiger partial charge >= 0.3 is 12.2 Å². The van der Waals surface area contributed by atoms with Gasteiger partial charge in [0.05, 0.1) is 18.0 Å². The summed E-state index contributed by atoms with van der Waals surface area (Å²) in [4.78, 5) is 23.4. The first-order chi connectivity index (χ1) is 12.2. The number of anilines is 1. The van der Waals surface area contributed by atoms with Crippen molar-refractivity contribution in [3.05, 3.63) is 65.2 Å². The van der Waals surface area contributed by atoms with Crippen LogP contribution in [-0.2, 0) is 11.0 Å². The molecule has 138 valence electrons. The third-order valence-electron chi connectivity index (χ3n) is 3.73. The summed E-state index contributed by atoms with van der Waals surface area (Å²) in [5.74, 6) is -0.551. The number of primary amides is 1. The molecular formula is C18H18F3N3O2. The lowest BCUT2D eigenvalue weighted by atomic mass is 10.0. The minimum Gasteiger partial charge on any atom is -0.352 e. The zero-order chi connectivity index (χ0) is 19.3. The monoisotopic (exact) mass is 365 g/mol. The van der Waals surface area contributed by atoms with Gasteiger partial charge in [-0.15, -0.1) is 0 Å². The van der Waals surface area contributed by atoms with E-state index < -0.39 is 29.7 Å². The molecule has 0 heterocycles. The molecule has 0 aliphatic rings. The summed E-state index contributed by atoms with van der Waals surface area (Å²) in [6.07, 6.45) is -4.69. The average Bonchev–Trinajstić information content (AvgIpc) is 2.55. The summed E-state index contributed by atoms with van der Waals surface area (Å²) < 4.78 is 38.9. The summed E-state index contributed by atoms with van der Waals surface area (Å²) in [7, 11) is 0. The second-order valence-corrected chi connectivity index (χ2v) is 5.75. The smallest absolute Gasteiger partial charge is 0.352 e. The number of urea groups is 1. The number of amides is 3. The van der Waals surface area contributed by atoms with Gasteiger partial charge in [-0.2, -0.15) is 13.2 Å². The number of hydrogen-bond acceptors (Lipinski definition) is 2. The van der Waals surface area contributed by atoms with Gasteiger partial charge in [-0.05, 0) is 30.2 Å². The Labute approximate surface area is 148 Å². The molecule has 0 radical (unpaired) electrons. The van der Waals surface area contributed by atoms with Crippen molar-refractivity contribution >= 4 is 17.6 Å². The largest absolute Gasteiger partial charge is 0.416 e. The highest BCUT2D eigenvalue weighted by atomic mass is 19.4. The maximum atomic E-state index is 13.0. The van der Waals surface area contributed by atoms with E-state index in [1.165, 1.54) is 19.1 Å². The molecule has 2 aromatic carbocycles. The predicted molar refractivity (Wildman–Crippen MR) is 91.3 cm³/mol. The van der Waals surface area contributed by atoms with E-state index in [9.17, 15) is 22.8 Å². The molecule has 0 fully saturated rings. The van der Waals surface area contributed by atoms with Gasteiger partial charge in [-0.3, -0.25) is 4.79 Å². The van der Waals surface area contributed by atoms with Crippen molar-refractivity contribution in [2.24, 2.45) is 5.73 Å². The number of carbonyl (C=O) groups excluding carboxylic acids is 2. The van der Waals surface area contributed by atoms with Crippen molar-refractivity contribution in [3.63, 3.8) is 0 Å². The minimum atomic E-state index is -4.51. The van der Waals surface area contributed by atoms with Crippen LogP contribution in [0.2, 0.25) is 0 Å². The summed E-state index contributed by atoms with van der Waals surface area (Å²) in [5.41, 5.74) is 5.07. The number of rotatable bonds is 5. The van der Waals surface area contributed by atoms with Crippen LogP contribution in [0.5, 0.6) is 0 Å². The van der Waals surface area contributed by atoms with E-state index in [-0.39, 0.29) is 17.7 Å². The van der Waals surface area contributed by atoms with Crippen LogP contribution in [0.1, 0.15) is 29.2 Å². The number of carbonyl (C=O) groups is 2. The van der Waals surface area contributed by atoms with Gasteiger partial charge in [0.2, 0.25) is 5.91 Å². The Morgan fingerprint density at radius 2 is 1.77 bits per heavy atom.